The van der Waals surface area contributed by atoms with E-state index in [2.05, 4.69) is 4.74 Å². The van der Waals surface area contributed by atoms with Crippen LogP contribution in [0.5, 0.6) is 0 Å². The zero-order chi connectivity index (χ0) is 26.4. The van der Waals surface area contributed by atoms with Crippen molar-refractivity contribution in [3.63, 3.8) is 0 Å². The van der Waals surface area contributed by atoms with Gasteiger partial charge in [-0.15, -0.1) is 0 Å². The van der Waals surface area contributed by atoms with Gasteiger partial charge in [0.1, 0.15) is 13.1 Å². The van der Waals surface area contributed by atoms with Gasteiger partial charge in [0, 0.05) is 27.7 Å². The summed E-state index contributed by atoms with van der Waals surface area (Å²) < 4.78 is 15.1. The summed E-state index contributed by atoms with van der Waals surface area (Å²) in [4.78, 5) is 75.7. The Hall–Kier alpha value is -3.18. The van der Waals surface area contributed by atoms with Crippen LogP contribution in [0.1, 0.15) is 47.0 Å². The summed E-state index contributed by atoms with van der Waals surface area (Å²) in [6, 6.07) is 0. The van der Waals surface area contributed by atoms with Gasteiger partial charge in [-0.05, 0) is 26.2 Å². The topological polar surface area (TPSA) is 140 Å². The van der Waals surface area contributed by atoms with Crippen LogP contribution in [0.15, 0.2) is 0 Å². The molecule has 0 bridgehead atoms. The maximum Gasteiger partial charge on any atom is 0.326 e. The number of hydrogen-bond donors (Lipinski definition) is 0. The van der Waals surface area contributed by atoms with Crippen molar-refractivity contribution in [1.29, 1.82) is 0 Å². The minimum absolute atomic E-state index is 0.130. The molecule has 12 heteroatoms. The summed E-state index contributed by atoms with van der Waals surface area (Å²) in [7, 11) is 4.28. The lowest BCUT2D eigenvalue weighted by atomic mass is 10.2. The van der Waals surface area contributed by atoms with E-state index >= 15 is 0 Å². The molecule has 0 saturated carbocycles. The third-order valence-electron chi connectivity index (χ3n) is 5.04. The summed E-state index contributed by atoms with van der Waals surface area (Å²) in [6.07, 6.45) is -2.52. The third kappa shape index (κ3) is 9.75. The van der Waals surface area contributed by atoms with E-state index in [1.807, 2.05) is 0 Å². The van der Waals surface area contributed by atoms with Crippen LogP contribution in [0.2, 0.25) is 0 Å². The highest BCUT2D eigenvalue weighted by Crippen LogP contribution is 2.08. The number of likely N-dealkylation sites (N-methyl/N-ethyl adjacent to an activating group) is 3. The van der Waals surface area contributed by atoms with Crippen LogP contribution in [0.25, 0.3) is 0 Å². The van der Waals surface area contributed by atoms with Crippen LogP contribution in [-0.4, -0.2) is 110 Å². The van der Waals surface area contributed by atoms with Gasteiger partial charge in [-0.25, -0.2) is 0 Å². The molecule has 3 amide bonds. The molecule has 34 heavy (non-hydrogen) atoms. The van der Waals surface area contributed by atoms with Crippen molar-refractivity contribution in [3.8, 4) is 0 Å². The maximum atomic E-state index is 12.7. The van der Waals surface area contributed by atoms with Crippen LogP contribution < -0.4 is 0 Å². The molecule has 0 heterocycles. The molecule has 0 spiro atoms. The third-order valence-corrected chi connectivity index (χ3v) is 5.04. The molecular formula is C22H37N3O9. The maximum absolute atomic E-state index is 12.7. The summed E-state index contributed by atoms with van der Waals surface area (Å²) in [5.41, 5.74) is 0. The van der Waals surface area contributed by atoms with Crippen LogP contribution in [-0.2, 0) is 43.0 Å². The molecule has 0 aromatic carbocycles. The molecule has 12 nitrogen and oxygen atoms in total. The second-order valence-electron chi connectivity index (χ2n) is 7.64. The molecule has 0 fully saturated rings. The summed E-state index contributed by atoms with van der Waals surface area (Å²) in [6.45, 7) is 6.48. The number of esters is 2. The van der Waals surface area contributed by atoms with E-state index in [1.54, 1.807) is 34.7 Å². The number of nitrogens with zero attached hydrogens (tertiary/aromatic N) is 3. The smallest absolute Gasteiger partial charge is 0.326 e. The Morgan fingerprint density at radius 1 is 0.647 bits per heavy atom. The highest BCUT2D eigenvalue weighted by Gasteiger charge is 2.30. The zero-order valence-corrected chi connectivity index (χ0v) is 21.1. The van der Waals surface area contributed by atoms with E-state index in [-0.39, 0.29) is 31.6 Å². The van der Waals surface area contributed by atoms with E-state index in [1.165, 1.54) is 19.0 Å². The second kappa shape index (κ2) is 15.6. The number of hydrogen-bond acceptors (Lipinski definition) is 9. The Balaban J connectivity index is 4.94. The minimum Gasteiger partial charge on any atom is -0.454 e. The summed E-state index contributed by atoms with van der Waals surface area (Å²) in [5, 5.41) is 0. The first-order valence-electron chi connectivity index (χ1n) is 11.2. The van der Waals surface area contributed by atoms with Gasteiger partial charge in [0.15, 0.2) is 18.3 Å². The van der Waals surface area contributed by atoms with Crippen LogP contribution in [0, 0.1) is 0 Å². The van der Waals surface area contributed by atoms with Gasteiger partial charge >= 0.3 is 11.9 Å². The summed E-state index contributed by atoms with van der Waals surface area (Å²) in [5.74, 6) is -3.17. The zero-order valence-electron chi connectivity index (χ0n) is 21.1. The van der Waals surface area contributed by atoms with Crippen molar-refractivity contribution in [1.82, 2.24) is 14.7 Å². The molecular weight excluding hydrogens is 450 g/mol. The monoisotopic (exact) mass is 487 g/mol. The van der Waals surface area contributed by atoms with Gasteiger partial charge < -0.3 is 28.9 Å². The van der Waals surface area contributed by atoms with Gasteiger partial charge in [0.2, 0.25) is 0 Å². The molecule has 0 radical (unpaired) electrons. The van der Waals surface area contributed by atoms with Crippen molar-refractivity contribution in [2.45, 2.75) is 65.3 Å². The average molecular weight is 488 g/mol. The molecule has 0 aromatic heterocycles. The number of carbonyl (C=O) groups excluding carboxylic acids is 6. The Kier molecular flexibility index (Phi) is 14.2. The van der Waals surface area contributed by atoms with E-state index in [0.29, 0.717) is 6.54 Å². The minimum atomic E-state index is -1.18. The molecule has 0 aromatic rings. The average Bonchev–Trinajstić information content (AvgIpc) is 2.82. The lowest BCUT2D eigenvalue weighted by Gasteiger charge is -2.25. The number of ether oxygens (including phenoxy) is 3. The molecule has 0 aliphatic rings. The fourth-order valence-corrected chi connectivity index (χ4v) is 2.84. The standard InChI is InChI=1S/C22H37N3O9/c1-8-15(32-14-26)20(29)24(6)12-18(27)34-17(10-3)22(31)25(7)13-19(28)33-16(9-2)21(30)23(5)11-4/h14-17H,8-13H2,1-7H3/t15-,16-,17-/m1/s1. The molecule has 0 unspecified atom stereocenters. The molecule has 0 saturated heterocycles. The van der Waals surface area contributed by atoms with Crippen molar-refractivity contribution in [2.75, 3.05) is 40.8 Å². The van der Waals surface area contributed by atoms with Crippen molar-refractivity contribution in [3.05, 3.63) is 0 Å². The number of carbonyl (C=O) groups is 6. The first-order chi connectivity index (χ1) is 16.0. The van der Waals surface area contributed by atoms with E-state index in [0.717, 1.165) is 9.80 Å². The highest BCUT2D eigenvalue weighted by atomic mass is 16.6. The number of rotatable bonds is 15. The Morgan fingerprint density at radius 2 is 1.00 bits per heavy atom. The Bertz CT molecular complexity index is 728. The first-order valence-corrected chi connectivity index (χ1v) is 11.2. The predicted octanol–water partition coefficient (Wildman–Crippen LogP) is -0.0233. The second-order valence-corrected chi connectivity index (χ2v) is 7.64. The van der Waals surface area contributed by atoms with E-state index < -0.39 is 55.2 Å². The van der Waals surface area contributed by atoms with Gasteiger partial charge in [0.25, 0.3) is 24.2 Å². The van der Waals surface area contributed by atoms with Crippen LogP contribution in [0.3, 0.4) is 0 Å². The molecule has 0 rings (SSSR count). The quantitative estimate of drug-likeness (QED) is 0.177. The van der Waals surface area contributed by atoms with Crippen molar-refractivity contribution >= 4 is 36.1 Å². The fraction of sp³-hybridized carbons (Fsp3) is 0.727. The van der Waals surface area contributed by atoms with Crippen molar-refractivity contribution < 1.29 is 43.0 Å². The lowest BCUT2D eigenvalue weighted by Crippen LogP contribution is -2.45. The normalized spacial score (nSPS) is 13.0. The van der Waals surface area contributed by atoms with Crippen molar-refractivity contribution in [2.24, 2.45) is 0 Å². The van der Waals surface area contributed by atoms with Gasteiger partial charge in [-0.1, -0.05) is 20.8 Å². The summed E-state index contributed by atoms with van der Waals surface area (Å²) >= 11 is 0. The van der Waals surface area contributed by atoms with Gasteiger partial charge in [-0.2, -0.15) is 0 Å². The Labute approximate surface area is 200 Å². The van der Waals surface area contributed by atoms with Gasteiger partial charge in [0.05, 0.1) is 0 Å². The first kappa shape index (κ1) is 30.8. The number of amides is 3. The lowest BCUT2D eigenvalue weighted by molar-refractivity contribution is -0.166. The van der Waals surface area contributed by atoms with Crippen LogP contribution >= 0.6 is 0 Å². The fourth-order valence-electron chi connectivity index (χ4n) is 2.84. The van der Waals surface area contributed by atoms with Crippen LogP contribution in [0.4, 0.5) is 0 Å². The van der Waals surface area contributed by atoms with E-state index in [9.17, 15) is 28.8 Å². The predicted molar refractivity (Wildman–Crippen MR) is 120 cm³/mol. The molecule has 0 aliphatic heterocycles. The molecule has 194 valence electrons. The Morgan fingerprint density at radius 3 is 1.32 bits per heavy atom. The largest absolute Gasteiger partial charge is 0.454 e. The molecule has 0 N–H and O–H groups in total. The van der Waals surface area contributed by atoms with Gasteiger partial charge in [-0.3, -0.25) is 28.8 Å². The highest BCUT2D eigenvalue weighted by molar-refractivity contribution is 5.89. The SMILES string of the molecule is CC[C@@H](OC=O)C(=O)N(C)CC(=O)O[C@H](CC)C(=O)N(C)CC(=O)O[C@H](CC)C(=O)N(C)CC. The van der Waals surface area contributed by atoms with E-state index in [4.69, 9.17) is 9.47 Å². The molecule has 3 atom stereocenters. The molecule has 0 aliphatic carbocycles.